The summed E-state index contributed by atoms with van der Waals surface area (Å²) in [7, 11) is 0. The largest absolute Gasteiger partial charge is 0.492 e. The van der Waals surface area contributed by atoms with Crippen molar-refractivity contribution in [2.75, 3.05) is 39.3 Å². The first-order chi connectivity index (χ1) is 8.79. The fourth-order valence-corrected chi connectivity index (χ4v) is 1.90. The van der Waals surface area contributed by atoms with Gasteiger partial charge in [-0.05, 0) is 12.1 Å². The number of nitrogens with zero attached hydrogens (tertiary/aromatic N) is 2. The van der Waals surface area contributed by atoms with Crippen LogP contribution in [0.2, 0.25) is 0 Å². The van der Waals surface area contributed by atoms with Crippen LogP contribution in [0.5, 0.6) is 5.75 Å². The van der Waals surface area contributed by atoms with E-state index in [-0.39, 0.29) is 5.56 Å². The van der Waals surface area contributed by atoms with Crippen molar-refractivity contribution >= 4 is 0 Å². The summed E-state index contributed by atoms with van der Waals surface area (Å²) in [5.41, 5.74) is 0.0458. The van der Waals surface area contributed by atoms with Crippen molar-refractivity contribution in [1.29, 1.82) is 5.26 Å². The zero-order chi connectivity index (χ0) is 12.8. The third kappa shape index (κ3) is 3.42. The molecule has 2 rings (SSSR count). The van der Waals surface area contributed by atoms with Crippen LogP contribution in [0, 0.1) is 17.1 Å². The Hall–Kier alpha value is -1.64. The summed E-state index contributed by atoms with van der Waals surface area (Å²) < 4.78 is 18.8. The number of nitrogens with one attached hydrogen (secondary N) is 1. The third-order valence-electron chi connectivity index (χ3n) is 2.95. The van der Waals surface area contributed by atoms with Crippen molar-refractivity contribution in [3.05, 3.63) is 29.6 Å². The van der Waals surface area contributed by atoms with E-state index in [1.54, 1.807) is 12.1 Å². The minimum atomic E-state index is -0.530. The second-order valence-electron chi connectivity index (χ2n) is 4.19. The van der Waals surface area contributed by atoms with Crippen LogP contribution >= 0.6 is 0 Å². The van der Waals surface area contributed by atoms with Crippen molar-refractivity contribution in [3.63, 3.8) is 0 Å². The fourth-order valence-electron chi connectivity index (χ4n) is 1.90. The lowest BCUT2D eigenvalue weighted by molar-refractivity contribution is 0.191. The number of benzene rings is 1. The van der Waals surface area contributed by atoms with Gasteiger partial charge in [0.1, 0.15) is 24.2 Å². The highest BCUT2D eigenvalue weighted by molar-refractivity contribution is 5.36. The lowest BCUT2D eigenvalue weighted by Crippen LogP contribution is -2.44. The highest BCUT2D eigenvalue weighted by Gasteiger charge is 2.09. The van der Waals surface area contributed by atoms with Gasteiger partial charge in [0.2, 0.25) is 0 Å². The number of nitriles is 1. The molecule has 0 atom stereocenters. The molecule has 0 amide bonds. The van der Waals surface area contributed by atoms with Gasteiger partial charge < -0.3 is 10.1 Å². The summed E-state index contributed by atoms with van der Waals surface area (Å²) in [5, 5.41) is 11.9. The molecule has 0 spiro atoms. The summed E-state index contributed by atoms with van der Waals surface area (Å²) in [6.07, 6.45) is 0. The highest BCUT2D eigenvalue weighted by atomic mass is 19.1. The molecule has 1 aliphatic rings. The van der Waals surface area contributed by atoms with Gasteiger partial charge >= 0.3 is 0 Å². The van der Waals surface area contributed by atoms with Gasteiger partial charge in [0.05, 0.1) is 5.56 Å². The van der Waals surface area contributed by atoms with Crippen LogP contribution < -0.4 is 10.1 Å². The maximum absolute atomic E-state index is 13.3. The van der Waals surface area contributed by atoms with Crippen LogP contribution in [0.1, 0.15) is 5.56 Å². The number of rotatable bonds is 4. The van der Waals surface area contributed by atoms with Crippen LogP contribution in [0.3, 0.4) is 0 Å². The normalized spacial score (nSPS) is 16.2. The minimum Gasteiger partial charge on any atom is -0.492 e. The van der Waals surface area contributed by atoms with Crippen molar-refractivity contribution in [2.45, 2.75) is 0 Å². The number of ether oxygens (including phenoxy) is 1. The molecule has 96 valence electrons. The molecule has 1 aliphatic heterocycles. The number of piperazine rings is 1. The summed E-state index contributed by atoms with van der Waals surface area (Å²) in [4.78, 5) is 2.30. The first kappa shape index (κ1) is 12.8. The molecule has 4 nitrogen and oxygen atoms in total. The van der Waals surface area contributed by atoms with Gasteiger partial charge in [0.15, 0.2) is 0 Å². The van der Waals surface area contributed by atoms with Crippen molar-refractivity contribution in [3.8, 4) is 11.8 Å². The van der Waals surface area contributed by atoms with Gasteiger partial charge in [-0.3, -0.25) is 4.90 Å². The van der Waals surface area contributed by atoms with E-state index in [0.717, 1.165) is 32.7 Å². The van der Waals surface area contributed by atoms with Crippen molar-refractivity contribution < 1.29 is 9.13 Å². The number of halogens is 1. The van der Waals surface area contributed by atoms with Gasteiger partial charge in [-0.25, -0.2) is 4.39 Å². The SMILES string of the molecule is N#Cc1ccc(OCCN2CCNCC2)cc1F. The maximum atomic E-state index is 13.3. The highest BCUT2D eigenvalue weighted by Crippen LogP contribution is 2.15. The number of hydrogen-bond donors (Lipinski definition) is 1. The minimum absolute atomic E-state index is 0.0458. The van der Waals surface area contributed by atoms with E-state index in [4.69, 9.17) is 10.00 Å². The van der Waals surface area contributed by atoms with Gasteiger partial charge in [-0.1, -0.05) is 0 Å². The predicted octanol–water partition coefficient (Wildman–Crippen LogP) is 0.981. The van der Waals surface area contributed by atoms with E-state index in [2.05, 4.69) is 10.2 Å². The molecule has 0 aliphatic carbocycles. The molecule has 0 aromatic heterocycles. The standard InChI is InChI=1S/C13H16FN3O/c14-13-9-12(2-1-11(13)10-15)18-8-7-17-5-3-16-4-6-17/h1-2,9,16H,3-8H2. The second-order valence-corrected chi connectivity index (χ2v) is 4.19. The zero-order valence-corrected chi connectivity index (χ0v) is 10.2. The van der Waals surface area contributed by atoms with Crippen LogP contribution in [-0.4, -0.2) is 44.2 Å². The lowest BCUT2D eigenvalue weighted by Gasteiger charge is -2.26. The molecule has 1 aromatic carbocycles. The fraction of sp³-hybridized carbons (Fsp3) is 0.462. The lowest BCUT2D eigenvalue weighted by atomic mass is 10.2. The molecule has 1 saturated heterocycles. The molecule has 0 bridgehead atoms. The summed E-state index contributed by atoms with van der Waals surface area (Å²) >= 11 is 0. The van der Waals surface area contributed by atoms with Crippen LogP contribution in [0.4, 0.5) is 4.39 Å². The summed E-state index contributed by atoms with van der Waals surface area (Å²) in [6.45, 7) is 5.42. The molecule has 18 heavy (non-hydrogen) atoms. The van der Waals surface area contributed by atoms with Crippen LogP contribution in [0.15, 0.2) is 18.2 Å². The molecule has 0 saturated carbocycles. The number of hydrogen-bond acceptors (Lipinski definition) is 4. The summed E-state index contributed by atoms with van der Waals surface area (Å²) in [6, 6.07) is 6.11. The first-order valence-corrected chi connectivity index (χ1v) is 6.05. The Labute approximate surface area is 106 Å². The Bertz CT molecular complexity index is 438. The van der Waals surface area contributed by atoms with Gasteiger partial charge in [0, 0.05) is 38.8 Å². The van der Waals surface area contributed by atoms with Gasteiger partial charge in [0.25, 0.3) is 0 Å². The molecule has 0 unspecified atom stereocenters. The smallest absolute Gasteiger partial charge is 0.144 e. The second kappa shape index (κ2) is 6.34. The van der Waals surface area contributed by atoms with Gasteiger partial charge in [-0.2, -0.15) is 5.26 Å². The Balaban J connectivity index is 1.79. The molecule has 1 N–H and O–H groups in total. The van der Waals surface area contributed by atoms with E-state index in [1.807, 2.05) is 0 Å². The predicted molar refractivity (Wildman–Crippen MR) is 65.9 cm³/mol. The van der Waals surface area contributed by atoms with E-state index in [9.17, 15) is 4.39 Å². The Morgan fingerprint density at radius 3 is 2.83 bits per heavy atom. The van der Waals surface area contributed by atoms with Crippen LogP contribution in [0.25, 0.3) is 0 Å². The quantitative estimate of drug-likeness (QED) is 0.864. The van der Waals surface area contributed by atoms with E-state index < -0.39 is 5.82 Å². The van der Waals surface area contributed by atoms with Gasteiger partial charge in [-0.15, -0.1) is 0 Å². The Morgan fingerprint density at radius 1 is 1.39 bits per heavy atom. The Kier molecular flexibility index (Phi) is 4.51. The van der Waals surface area contributed by atoms with E-state index in [1.165, 1.54) is 12.1 Å². The maximum Gasteiger partial charge on any atom is 0.144 e. The van der Waals surface area contributed by atoms with E-state index >= 15 is 0 Å². The first-order valence-electron chi connectivity index (χ1n) is 6.05. The molecule has 1 fully saturated rings. The molecule has 0 radical (unpaired) electrons. The average molecular weight is 249 g/mol. The molecule has 5 heteroatoms. The van der Waals surface area contributed by atoms with Crippen molar-refractivity contribution in [2.24, 2.45) is 0 Å². The van der Waals surface area contributed by atoms with Crippen LogP contribution in [-0.2, 0) is 0 Å². The topological polar surface area (TPSA) is 48.3 Å². The molecule has 1 aromatic rings. The third-order valence-corrected chi connectivity index (χ3v) is 2.95. The molecular formula is C13H16FN3O. The monoisotopic (exact) mass is 249 g/mol. The summed E-state index contributed by atoms with van der Waals surface area (Å²) in [5.74, 6) is -0.0567. The Morgan fingerprint density at radius 2 is 2.17 bits per heavy atom. The van der Waals surface area contributed by atoms with Crippen molar-refractivity contribution in [1.82, 2.24) is 10.2 Å². The molecular weight excluding hydrogens is 233 g/mol. The molecule has 1 heterocycles. The average Bonchev–Trinajstić information content (AvgIpc) is 2.40. The van der Waals surface area contributed by atoms with E-state index in [0.29, 0.717) is 12.4 Å². The zero-order valence-electron chi connectivity index (χ0n) is 10.2.